The molecule has 0 fully saturated rings. The quantitative estimate of drug-likeness (QED) is 0.608. The van der Waals surface area contributed by atoms with Crippen molar-refractivity contribution in [1.82, 2.24) is 29.2 Å². The maximum atomic E-state index is 12.8. The molecule has 10 nitrogen and oxygen atoms in total. The predicted octanol–water partition coefficient (Wildman–Crippen LogP) is 0.227. The maximum Gasteiger partial charge on any atom is 0.290 e. The van der Waals surface area contributed by atoms with Crippen molar-refractivity contribution in [2.75, 3.05) is 0 Å². The van der Waals surface area contributed by atoms with Gasteiger partial charge in [0.05, 0.1) is 41.6 Å². The Kier molecular flexibility index (Phi) is 4.72. The van der Waals surface area contributed by atoms with Crippen LogP contribution in [0.25, 0.3) is 11.0 Å². The van der Waals surface area contributed by atoms with Crippen LogP contribution in [0.3, 0.4) is 0 Å². The van der Waals surface area contributed by atoms with Gasteiger partial charge in [0.1, 0.15) is 11.3 Å². The number of pyridine rings is 1. The van der Waals surface area contributed by atoms with Gasteiger partial charge < -0.3 is 10.0 Å². The summed E-state index contributed by atoms with van der Waals surface area (Å²) in [5.41, 5.74) is 3.19. The number of carbonyl (C=O) groups is 2. The lowest BCUT2D eigenvalue weighted by Gasteiger charge is -2.14. The normalized spacial score (nSPS) is 12.5. The summed E-state index contributed by atoms with van der Waals surface area (Å²) in [4.78, 5) is 43.8. The summed E-state index contributed by atoms with van der Waals surface area (Å²) in [6.45, 7) is 2.15. The molecule has 0 aliphatic carbocycles. The van der Waals surface area contributed by atoms with Gasteiger partial charge in [-0.1, -0.05) is 0 Å². The van der Waals surface area contributed by atoms with Gasteiger partial charge in [0.2, 0.25) is 0 Å². The highest BCUT2D eigenvalue weighted by Crippen LogP contribution is 2.21. The van der Waals surface area contributed by atoms with E-state index in [4.69, 9.17) is 9.90 Å². The number of hydrogen-bond acceptors (Lipinski definition) is 6. The van der Waals surface area contributed by atoms with Crippen LogP contribution in [0.2, 0.25) is 0 Å². The van der Waals surface area contributed by atoms with Crippen LogP contribution in [-0.4, -0.2) is 46.7 Å². The van der Waals surface area contributed by atoms with E-state index in [-0.39, 0.29) is 24.5 Å². The van der Waals surface area contributed by atoms with E-state index in [9.17, 15) is 9.59 Å². The van der Waals surface area contributed by atoms with E-state index in [1.54, 1.807) is 49.1 Å². The van der Waals surface area contributed by atoms with Crippen molar-refractivity contribution >= 4 is 23.4 Å². The number of aryl methyl sites for hydroxylation is 2. The zero-order valence-corrected chi connectivity index (χ0v) is 15.1. The Bertz CT molecular complexity index is 1100. The molecule has 0 unspecified atom stereocenters. The molecule has 1 N–H and O–H groups in total. The molecule has 1 amide bonds. The molecular weight excluding hydrogens is 352 g/mol. The Balaban J connectivity index is 0.000000659. The molecular formula is C17H18N6O4. The Hall–Kier alpha value is -3.56. The first-order valence-electron chi connectivity index (χ1n) is 8.07. The largest absolute Gasteiger partial charge is 0.483 e. The zero-order chi connectivity index (χ0) is 19.7. The molecule has 10 heteroatoms. The monoisotopic (exact) mass is 370 g/mol. The van der Waals surface area contributed by atoms with E-state index in [0.717, 1.165) is 11.0 Å². The van der Waals surface area contributed by atoms with Gasteiger partial charge in [-0.25, -0.2) is 4.98 Å². The van der Waals surface area contributed by atoms with Crippen LogP contribution in [0.4, 0.5) is 0 Å². The second-order valence-corrected chi connectivity index (χ2v) is 6.11. The van der Waals surface area contributed by atoms with Crippen molar-refractivity contribution in [1.29, 1.82) is 0 Å². The molecule has 3 aromatic heterocycles. The molecule has 1 aliphatic rings. The summed E-state index contributed by atoms with van der Waals surface area (Å²) in [7, 11) is 3.50. The van der Waals surface area contributed by atoms with Crippen molar-refractivity contribution in [3.63, 3.8) is 0 Å². The molecule has 0 aromatic carbocycles. The SMILES string of the molecule is Cc1nc2c(c(=O)n1C)CN(C(=O)c1cnc3cnn(C)c3c1)C2.O=CO. The molecule has 1 aliphatic heterocycles. The number of fused-ring (bicyclic) bond motifs is 2. The first-order valence-corrected chi connectivity index (χ1v) is 8.07. The minimum atomic E-state index is -0.250. The molecule has 4 rings (SSSR count). The first-order chi connectivity index (χ1) is 12.9. The van der Waals surface area contributed by atoms with Crippen LogP contribution in [0.1, 0.15) is 27.4 Å². The first kappa shape index (κ1) is 18.2. The van der Waals surface area contributed by atoms with Crippen LogP contribution in [0.5, 0.6) is 0 Å². The van der Waals surface area contributed by atoms with Crippen molar-refractivity contribution in [2.45, 2.75) is 20.0 Å². The highest BCUT2D eigenvalue weighted by molar-refractivity contribution is 5.96. The van der Waals surface area contributed by atoms with Gasteiger partial charge in [-0.05, 0) is 13.0 Å². The lowest BCUT2D eigenvalue weighted by Crippen LogP contribution is -2.27. The molecule has 0 spiro atoms. The van der Waals surface area contributed by atoms with Crippen LogP contribution in [0, 0.1) is 6.92 Å². The number of hydrogen-bond donors (Lipinski definition) is 1. The summed E-state index contributed by atoms with van der Waals surface area (Å²) in [5, 5.41) is 11.0. The van der Waals surface area contributed by atoms with Crippen LogP contribution >= 0.6 is 0 Å². The highest BCUT2D eigenvalue weighted by Gasteiger charge is 2.29. The summed E-state index contributed by atoms with van der Waals surface area (Å²) in [5.74, 6) is 0.481. The standard InChI is InChI=1S/C16H16N6O2.CH2O2/c1-9-19-13-8-22(7-11(13)16(24)20(9)2)15(23)10-4-14-12(17-5-10)6-18-21(14)3;2-1-3/h4-6H,7-8H2,1-3H3;1H,(H,2,3). The number of amides is 1. The minimum absolute atomic E-state index is 0.0898. The summed E-state index contributed by atoms with van der Waals surface area (Å²) < 4.78 is 3.19. The number of rotatable bonds is 1. The van der Waals surface area contributed by atoms with Gasteiger partial charge in [0.15, 0.2) is 0 Å². The molecule has 0 saturated heterocycles. The summed E-state index contributed by atoms with van der Waals surface area (Å²) >= 11 is 0. The molecule has 140 valence electrons. The zero-order valence-electron chi connectivity index (χ0n) is 15.1. The van der Waals surface area contributed by atoms with E-state index in [2.05, 4.69) is 15.1 Å². The van der Waals surface area contributed by atoms with Crippen LogP contribution in [-0.2, 0) is 32.0 Å². The van der Waals surface area contributed by atoms with Crippen LogP contribution < -0.4 is 5.56 Å². The fourth-order valence-electron chi connectivity index (χ4n) is 3.00. The van der Waals surface area contributed by atoms with Crippen molar-refractivity contribution in [3.05, 3.63) is 51.5 Å². The number of carboxylic acid groups (broad SMARTS) is 1. The Morgan fingerprint density at radius 3 is 2.67 bits per heavy atom. The van der Waals surface area contributed by atoms with E-state index < -0.39 is 0 Å². The average molecular weight is 370 g/mol. The van der Waals surface area contributed by atoms with Gasteiger partial charge in [0, 0.05) is 20.3 Å². The minimum Gasteiger partial charge on any atom is -0.483 e. The Morgan fingerprint density at radius 1 is 1.26 bits per heavy atom. The van der Waals surface area contributed by atoms with Crippen molar-refractivity contribution in [2.24, 2.45) is 14.1 Å². The molecule has 4 heterocycles. The molecule has 0 atom stereocenters. The number of aromatic nitrogens is 5. The summed E-state index contributed by atoms with van der Waals surface area (Å²) in [6, 6.07) is 1.78. The topological polar surface area (TPSA) is 123 Å². The van der Waals surface area contributed by atoms with Crippen molar-refractivity contribution < 1.29 is 14.7 Å². The second-order valence-electron chi connectivity index (χ2n) is 6.11. The molecule has 0 bridgehead atoms. The Labute approximate surface area is 153 Å². The predicted molar refractivity (Wildman–Crippen MR) is 95.0 cm³/mol. The molecule has 27 heavy (non-hydrogen) atoms. The third-order valence-electron chi connectivity index (χ3n) is 4.52. The van der Waals surface area contributed by atoms with Crippen LogP contribution in [0.15, 0.2) is 23.3 Å². The van der Waals surface area contributed by atoms with Gasteiger partial charge in [-0.15, -0.1) is 0 Å². The Morgan fingerprint density at radius 2 is 1.96 bits per heavy atom. The number of nitrogens with zero attached hydrogens (tertiary/aromatic N) is 6. The van der Waals surface area contributed by atoms with Crippen molar-refractivity contribution in [3.8, 4) is 0 Å². The summed E-state index contributed by atoms with van der Waals surface area (Å²) in [6.07, 6.45) is 3.21. The molecule has 0 radical (unpaired) electrons. The van der Waals surface area contributed by atoms with E-state index in [1.165, 1.54) is 4.57 Å². The average Bonchev–Trinajstić information content (AvgIpc) is 3.24. The van der Waals surface area contributed by atoms with Gasteiger partial charge in [-0.3, -0.25) is 28.6 Å². The lowest BCUT2D eigenvalue weighted by molar-refractivity contribution is -0.122. The third-order valence-corrected chi connectivity index (χ3v) is 4.52. The molecule has 3 aromatic rings. The third kappa shape index (κ3) is 3.16. The smallest absolute Gasteiger partial charge is 0.290 e. The van der Waals surface area contributed by atoms with Gasteiger partial charge in [0.25, 0.3) is 17.9 Å². The highest BCUT2D eigenvalue weighted by atomic mass is 16.3. The van der Waals surface area contributed by atoms with E-state index in [1.807, 2.05) is 0 Å². The maximum absolute atomic E-state index is 12.8. The van der Waals surface area contributed by atoms with Gasteiger partial charge >= 0.3 is 0 Å². The lowest BCUT2D eigenvalue weighted by atomic mass is 10.2. The molecule has 0 saturated carbocycles. The van der Waals surface area contributed by atoms with Gasteiger partial charge in [-0.2, -0.15) is 5.10 Å². The fourth-order valence-corrected chi connectivity index (χ4v) is 3.00. The fraction of sp³-hybridized carbons (Fsp3) is 0.294. The number of carbonyl (C=O) groups excluding carboxylic acids is 1. The van der Waals surface area contributed by atoms with E-state index in [0.29, 0.717) is 29.2 Å². The van der Waals surface area contributed by atoms with E-state index >= 15 is 0 Å². The second kappa shape index (κ2) is 6.98.